The standard InChI is InChI=1S/C26H19ClF3N5O4S/c1-11-15(9-32-35(11)2)14-8-17(23(29)30)33-26-20(14)21(22(40-26)24(31)36)34-25(37)19-6-4-13(39-19)10-38-18-5-3-12(28)7-16(18)27/h3-9,23H,10H2,1-2H3,(H2,31,36)(H,34,37). The largest absolute Gasteiger partial charge is 0.484 e. The number of anilines is 1. The molecule has 206 valence electrons. The van der Waals surface area contributed by atoms with Crippen LogP contribution in [0.4, 0.5) is 18.9 Å². The maximum Gasteiger partial charge on any atom is 0.291 e. The average molecular weight is 590 g/mol. The molecule has 0 spiro atoms. The van der Waals surface area contributed by atoms with Gasteiger partial charge in [-0.1, -0.05) is 11.6 Å². The van der Waals surface area contributed by atoms with Gasteiger partial charge in [0, 0.05) is 23.7 Å². The molecule has 3 N–H and O–H groups in total. The fourth-order valence-electron chi connectivity index (χ4n) is 3.99. The number of primary amides is 1. The van der Waals surface area contributed by atoms with E-state index in [4.69, 9.17) is 26.5 Å². The number of carbonyl (C=O) groups is 2. The Morgan fingerprint density at radius 2 is 2.00 bits per heavy atom. The van der Waals surface area contributed by atoms with E-state index in [-0.39, 0.29) is 49.7 Å². The number of nitrogens with two attached hydrogens (primary N) is 1. The van der Waals surface area contributed by atoms with Gasteiger partial charge in [-0.05, 0) is 48.9 Å². The molecule has 5 aromatic rings. The first-order valence-corrected chi connectivity index (χ1v) is 12.7. The first kappa shape index (κ1) is 27.2. The first-order chi connectivity index (χ1) is 19.0. The highest BCUT2D eigenvalue weighted by molar-refractivity contribution is 7.21. The highest BCUT2D eigenvalue weighted by Crippen LogP contribution is 2.43. The third-order valence-electron chi connectivity index (χ3n) is 6.04. The summed E-state index contributed by atoms with van der Waals surface area (Å²) in [4.78, 5) is 29.6. The molecule has 40 heavy (non-hydrogen) atoms. The first-order valence-electron chi connectivity index (χ1n) is 11.6. The number of nitrogens with one attached hydrogen (secondary N) is 1. The van der Waals surface area contributed by atoms with Crippen LogP contribution >= 0.6 is 22.9 Å². The van der Waals surface area contributed by atoms with Gasteiger partial charge >= 0.3 is 0 Å². The van der Waals surface area contributed by atoms with Crippen LogP contribution in [0.3, 0.4) is 0 Å². The van der Waals surface area contributed by atoms with E-state index in [0.717, 1.165) is 17.4 Å². The Labute approximate surface area is 233 Å². The Bertz CT molecular complexity index is 1780. The second kappa shape index (κ2) is 10.7. The maximum atomic E-state index is 13.7. The van der Waals surface area contributed by atoms with E-state index in [9.17, 15) is 22.8 Å². The maximum absolute atomic E-state index is 13.7. The Morgan fingerprint density at radius 3 is 2.65 bits per heavy atom. The van der Waals surface area contributed by atoms with Gasteiger partial charge in [-0.3, -0.25) is 14.3 Å². The Kier molecular flexibility index (Phi) is 7.25. The number of benzene rings is 1. The van der Waals surface area contributed by atoms with E-state index in [1.807, 2.05) is 0 Å². The SMILES string of the molecule is Cc1c(-c2cc(C(F)F)nc3sc(C(N)=O)c(NC(=O)c4ccc(COc5ccc(F)cc5Cl)o4)c23)cnn1C. The number of ether oxygens (including phenoxy) is 1. The van der Waals surface area contributed by atoms with Crippen molar-refractivity contribution in [2.45, 2.75) is 20.0 Å². The van der Waals surface area contributed by atoms with E-state index in [2.05, 4.69) is 15.4 Å². The molecule has 5 rings (SSSR count). The van der Waals surface area contributed by atoms with Crippen molar-refractivity contribution in [3.8, 4) is 16.9 Å². The number of nitrogens with zero attached hydrogens (tertiary/aromatic N) is 3. The van der Waals surface area contributed by atoms with Crippen molar-refractivity contribution in [3.05, 3.63) is 81.2 Å². The number of hydrogen-bond acceptors (Lipinski definition) is 7. The van der Waals surface area contributed by atoms with Crippen LogP contribution in [0.2, 0.25) is 5.02 Å². The van der Waals surface area contributed by atoms with Crippen molar-refractivity contribution in [1.29, 1.82) is 0 Å². The molecule has 4 aromatic heterocycles. The number of furan rings is 1. The number of alkyl halides is 2. The van der Waals surface area contributed by atoms with Crippen LogP contribution in [0.1, 0.15) is 43.8 Å². The minimum absolute atomic E-state index is 0.0105. The number of thiophene rings is 1. The number of pyridine rings is 1. The van der Waals surface area contributed by atoms with Gasteiger partial charge in [0.05, 0.1) is 16.9 Å². The van der Waals surface area contributed by atoms with Crippen molar-refractivity contribution in [1.82, 2.24) is 14.8 Å². The third kappa shape index (κ3) is 5.12. The summed E-state index contributed by atoms with van der Waals surface area (Å²) in [6.07, 6.45) is -1.38. The number of aromatic nitrogens is 3. The topological polar surface area (TPSA) is 125 Å². The minimum Gasteiger partial charge on any atom is -0.484 e. The van der Waals surface area contributed by atoms with E-state index < -0.39 is 29.8 Å². The van der Waals surface area contributed by atoms with Crippen LogP contribution in [0, 0.1) is 12.7 Å². The van der Waals surface area contributed by atoms with Gasteiger partial charge in [0.25, 0.3) is 18.2 Å². The molecule has 0 saturated heterocycles. The van der Waals surface area contributed by atoms with Crippen LogP contribution in [-0.4, -0.2) is 26.6 Å². The molecule has 0 atom stereocenters. The molecule has 0 unspecified atom stereocenters. The molecule has 0 aliphatic carbocycles. The second-order valence-corrected chi connectivity index (χ2v) is 10.0. The average Bonchev–Trinajstić information content (AvgIpc) is 3.61. The van der Waals surface area contributed by atoms with E-state index in [0.29, 0.717) is 16.8 Å². The zero-order valence-corrected chi connectivity index (χ0v) is 22.4. The molecular formula is C26H19ClF3N5O4S. The molecule has 0 radical (unpaired) electrons. The monoisotopic (exact) mass is 589 g/mol. The summed E-state index contributed by atoms with van der Waals surface area (Å²) in [7, 11) is 1.69. The lowest BCUT2D eigenvalue weighted by Gasteiger charge is -2.10. The minimum atomic E-state index is -2.88. The number of carbonyl (C=O) groups excluding carboxylic acids is 2. The van der Waals surface area contributed by atoms with Gasteiger partial charge in [-0.15, -0.1) is 11.3 Å². The van der Waals surface area contributed by atoms with Gasteiger partial charge in [0.2, 0.25) is 0 Å². The summed E-state index contributed by atoms with van der Waals surface area (Å²) in [6, 6.07) is 7.72. The van der Waals surface area contributed by atoms with Gasteiger partial charge in [-0.2, -0.15) is 5.10 Å². The van der Waals surface area contributed by atoms with Crippen molar-refractivity contribution >= 4 is 50.7 Å². The fourth-order valence-corrected chi connectivity index (χ4v) is 5.23. The Hall–Kier alpha value is -4.36. The number of hydrogen-bond donors (Lipinski definition) is 2. The Morgan fingerprint density at radius 1 is 1.23 bits per heavy atom. The van der Waals surface area contributed by atoms with Crippen molar-refractivity contribution in [2.24, 2.45) is 12.8 Å². The fraction of sp³-hybridized carbons (Fsp3) is 0.154. The molecule has 0 bridgehead atoms. The van der Waals surface area contributed by atoms with E-state index in [1.165, 1.54) is 36.5 Å². The molecule has 4 heterocycles. The van der Waals surface area contributed by atoms with Crippen LogP contribution in [-0.2, 0) is 13.7 Å². The quantitative estimate of drug-likeness (QED) is 0.220. The normalized spacial score (nSPS) is 11.4. The summed E-state index contributed by atoms with van der Waals surface area (Å²) in [5.74, 6) is -1.79. The number of rotatable bonds is 8. The lowest BCUT2D eigenvalue weighted by Crippen LogP contribution is -2.16. The number of aryl methyl sites for hydroxylation is 1. The van der Waals surface area contributed by atoms with Crippen molar-refractivity contribution in [3.63, 3.8) is 0 Å². The van der Waals surface area contributed by atoms with Crippen molar-refractivity contribution < 1.29 is 31.9 Å². The molecular weight excluding hydrogens is 571 g/mol. The summed E-state index contributed by atoms with van der Waals surface area (Å²) in [5, 5.41) is 7.15. The summed E-state index contributed by atoms with van der Waals surface area (Å²) in [5.41, 5.74) is 6.57. The molecule has 9 nitrogen and oxygen atoms in total. The van der Waals surface area contributed by atoms with Crippen molar-refractivity contribution in [2.75, 3.05) is 5.32 Å². The Balaban J connectivity index is 1.50. The highest BCUT2D eigenvalue weighted by atomic mass is 35.5. The van der Waals surface area contributed by atoms with E-state index in [1.54, 1.807) is 18.7 Å². The highest BCUT2D eigenvalue weighted by Gasteiger charge is 2.27. The van der Waals surface area contributed by atoms with Crippen LogP contribution in [0.5, 0.6) is 5.75 Å². The summed E-state index contributed by atoms with van der Waals surface area (Å²) in [6.45, 7) is 1.64. The molecule has 2 amide bonds. The number of amides is 2. The zero-order chi connectivity index (χ0) is 28.7. The molecule has 0 aliphatic rings. The molecule has 14 heteroatoms. The lowest BCUT2D eigenvalue weighted by molar-refractivity contribution is 0.0992. The van der Waals surface area contributed by atoms with Gasteiger partial charge in [-0.25, -0.2) is 18.2 Å². The predicted octanol–water partition coefficient (Wildman–Crippen LogP) is 6.26. The van der Waals surface area contributed by atoms with Gasteiger partial charge in [0.1, 0.15) is 39.3 Å². The zero-order valence-electron chi connectivity index (χ0n) is 20.8. The second-order valence-electron chi connectivity index (χ2n) is 8.60. The lowest BCUT2D eigenvalue weighted by atomic mass is 10.0. The summed E-state index contributed by atoms with van der Waals surface area (Å²) < 4.78 is 53.4. The summed E-state index contributed by atoms with van der Waals surface area (Å²) >= 11 is 6.75. The molecule has 0 aliphatic heterocycles. The molecule has 1 aromatic carbocycles. The van der Waals surface area contributed by atoms with Gasteiger partial charge in [0.15, 0.2) is 5.76 Å². The number of halogens is 4. The number of fused-ring (bicyclic) bond motifs is 1. The smallest absolute Gasteiger partial charge is 0.291 e. The molecule has 0 fully saturated rings. The third-order valence-corrected chi connectivity index (χ3v) is 7.44. The van der Waals surface area contributed by atoms with Crippen LogP contribution in [0.25, 0.3) is 21.3 Å². The predicted molar refractivity (Wildman–Crippen MR) is 142 cm³/mol. The van der Waals surface area contributed by atoms with E-state index >= 15 is 0 Å². The van der Waals surface area contributed by atoms with Gasteiger partial charge < -0.3 is 20.2 Å². The van der Waals surface area contributed by atoms with Crippen LogP contribution < -0.4 is 15.8 Å². The van der Waals surface area contributed by atoms with Crippen LogP contribution in [0.15, 0.2) is 47.0 Å². The molecule has 0 saturated carbocycles.